The van der Waals surface area contributed by atoms with Crippen LogP contribution < -0.4 is 21.3 Å². The number of hydrogen-bond acceptors (Lipinski definition) is 1. The molecule has 51 heavy (non-hydrogen) atoms. The Kier molecular flexibility index (Phi) is 8.29. The van der Waals surface area contributed by atoms with Crippen LogP contribution in [0.25, 0.3) is 32.3 Å². The first-order chi connectivity index (χ1) is 24.5. The monoisotopic (exact) mass is 665 g/mol. The highest BCUT2D eigenvalue weighted by Crippen LogP contribution is 2.48. The molecule has 0 bridgehead atoms. The Hall–Kier alpha value is -4.56. The first kappa shape index (κ1) is 33.6. The maximum atomic E-state index is 2.61. The van der Waals surface area contributed by atoms with Crippen molar-refractivity contribution in [3.8, 4) is 0 Å². The molecule has 8 rings (SSSR count). The van der Waals surface area contributed by atoms with Crippen LogP contribution in [0.1, 0.15) is 127 Å². The van der Waals surface area contributed by atoms with Gasteiger partial charge in [0.2, 0.25) is 6.71 Å². The van der Waals surface area contributed by atoms with E-state index in [0.717, 1.165) is 0 Å². The lowest BCUT2D eigenvalue weighted by Crippen LogP contribution is -2.60. The average Bonchev–Trinajstić information content (AvgIpc) is 3.11. The Bertz CT molecular complexity index is 2380. The topological polar surface area (TPSA) is 3.24 Å². The summed E-state index contributed by atoms with van der Waals surface area (Å²) in [5.41, 5.74) is 15.6. The number of para-hydroxylation sites is 2. The molecule has 1 heterocycles. The standard InChI is InChI=1S/C49H52BN/c1-28(2)34-26-40(30(5)6)47(41(27-34)31(7)8)50-42-18-14-15-19-43(42)51(35-16-12-11-13-17-35)49-39-25-24-37-36(29(3)4)22-20-33-21-23-38(46(39)45(33)37)44(32(9)10)48(49)50/h11-32H,1-10H3. The van der Waals surface area contributed by atoms with Gasteiger partial charge in [-0.05, 0) is 113 Å². The first-order valence-electron chi connectivity index (χ1n) is 19.4. The third kappa shape index (κ3) is 5.12. The van der Waals surface area contributed by atoms with E-state index >= 15 is 0 Å². The molecule has 0 radical (unpaired) electrons. The molecule has 0 saturated heterocycles. The van der Waals surface area contributed by atoms with Gasteiger partial charge in [0.15, 0.2) is 0 Å². The SMILES string of the molecule is CC(C)c1cc(C(C)C)c(B2c3ccccc3N(c3ccccc3)c3c2c(C(C)C)c2ccc4ccc(C(C)C)c5ccc3c2c45)c(C(C)C)c1. The van der Waals surface area contributed by atoms with Crippen LogP contribution in [0.4, 0.5) is 17.1 Å². The Balaban J connectivity index is 1.63. The number of fused-ring (bicyclic) bond motifs is 3. The van der Waals surface area contributed by atoms with E-state index < -0.39 is 0 Å². The van der Waals surface area contributed by atoms with Crippen LogP contribution in [0, 0.1) is 0 Å². The summed E-state index contributed by atoms with van der Waals surface area (Å²) in [5.74, 6) is 2.01. The fourth-order valence-corrected chi connectivity index (χ4v) is 9.37. The highest BCUT2D eigenvalue weighted by atomic mass is 15.2. The van der Waals surface area contributed by atoms with Gasteiger partial charge < -0.3 is 4.90 Å². The summed E-state index contributed by atoms with van der Waals surface area (Å²) < 4.78 is 0. The lowest BCUT2D eigenvalue weighted by Gasteiger charge is -2.42. The molecule has 1 aliphatic heterocycles. The molecule has 2 heteroatoms. The maximum absolute atomic E-state index is 2.61. The van der Waals surface area contributed by atoms with Crippen molar-refractivity contribution >= 4 is 72.5 Å². The number of anilines is 3. The van der Waals surface area contributed by atoms with Gasteiger partial charge in [-0.3, -0.25) is 0 Å². The van der Waals surface area contributed by atoms with Crippen LogP contribution in [0.5, 0.6) is 0 Å². The van der Waals surface area contributed by atoms with E-state index in [1.807, 2.05) is 0 Å². The number of hydrogen-bond donors (Lipinski definition) is 0. The Labute approximate surface area is 306 Å². The van der Waals surface area contributed by atoms with E-state index in [1.54, 1.807) is 0 Å². The van der Waals surface area contributed by atoms with E-state index in [0.29, 0.717) is 29.6 Å². The summed E-state index contributed by atoms with van der Waals surface area (Å²) in [6.07, 6.45) is 0. The zero-order valence-electron chi connectivity index (χ0n) is 32.2. The highest BCUT2D eigenvalue weighted by molar-refractivity contribution is 6.99. The summed E-state index contributed by atoms with van der Waals surface area (Å²) >= 11 is 0. The lowest BCUT2D eigenvalue weighted by atomic mass is 9.32. The predicted molar refractivity (Wildman–Crippen MR) is 226 cm³/mol. The number of nitrogens with zero attached hydrogens (tertiary/aromatic N) is 1. The average molecular weight is 666 g/mol. The van der Waals surface area contributed by atoms with Crippen LogP contribution in [0.3, 0.4) is 0 Å². The van der Waals surface area contributed by atoms with Gasteiger partial charge in [0.1, 0.15) is 0 Å². The first-order valence-corrected chi connectivity index (χ1v) is 19.4. The van der Waals surface area contributed by atoms with E-state index in [9.17, 15) is 0 Å². The molecule has 7 aromatic carbocycles. The van der Waals surface area contributed by atoms with Gasteiger partial charge in [0.25, 0.3) is 0 Å². The van der Waals surface area contributed by atoms with E-state index in [4.69, 9.17) is 0 Å². The minimum Gasteiger partial charge on any atom is -0.311 e. The summed E-state index contributed by atoms with van der Waals surface area (Å²) in [7, 11) is 0. The van der Waals surface area contributed by atoms with Crippen molar-refractivity contribution in [2.75, 3.05) is 4.90 Å². The molecule has 0 amide bonds. The Morgan fingerprint density at radius 2 is 1.06 bits per heavy atom. The molecule has 1 nitrogen and oxygen atoms in total. The summed E-state index contributed by atoms with van der Waals surface area (Å²) in [4.78, 5) is 2.61. The van der Waals surface area contributed by atoms with Crippen molar-refractivity contribution in [2.45, 2.75) is 98.8 Å². The number of rotatable bonds is 7. The van der Waals surface area contributed by atoms with Gasteiger partial charge in [0, 0.05) is 22.4 Å². The molecule has 0 aliphatic carbocycles. The number of benzene rings is 7. The highest BCUT2D eigenvalue weighted by Gasteiger charge is 2.42. The Morgan fingerprint density at radius 1 is 0.471 bits per heavy atom. The summed E-state index contributed by atoms with van der Waals surface area (Å²) in [5, 5.41) is 8.31. The molecule has 0 saturated carbocycles. The quantitative estimate of drug-likeness (QED) is 0.121. The zero-order chi connectivity index (χ0) is 35.9. The molecule has 0 aromatic heterocycles. The molecule has 0 N–H and O–H groups in total. The molecule has 0 fully saturated rings. The van der Waals surface area contributed by atoms with Crippen molar-refractivity contribution in [1.29, 1.82) is 0 Å². The van der Waals surface area contributed by atoms with Crippen LogP contribution in [0.2, 0.25) is 0 Å². The van der Waals surface area contributed by atoms with Crippen LogP contribution in [0.15, 0.2) is 103 Å². The third-order valence-corrected chi connectivity index (χ3v) is 11.7. The normalized spacial score (nSPS) is 13.3. The van der Waals surface area contributed by atoms with Crippen molar-refractivity contribution < 1.29 is 0 Å². The molecule has 1 aliphatic rings. The van der Waals surface area contributed by atoms with E-state index in [1.165, 1.54) is 93.6 Å². The van der Waals surface area contributed by atoms with Crippen molar-refractivity contribution in [3.63, 3.8) is 0 Å². The smallest absolute Gasteiger partial charge is 0.247 e. The maximum Gasteiger partial charge on any atom is 0.247 e. The fraction of sp³-hybridized carbons (Fsp3) is 0.306. The molecular weight excluding hydrogens is 613 g/mol. The summed E-state index contributed by atoms with van der Waals surface area (Å²) in [6, 6.07) is 40.0. The second-order valence-electron chi connectivity index (χ2n) is 16.6. The predicted octanol–water partition coefficient (Wildman–Crippen LogP) is 12.5. The van der Waals surface area contributed by atoms with Gasteiger partial charge in [-0.1, -0.05) is 160 Å². The van der Waals surface area contributed by atoms with Crippen LogP contribution in [-0.2, 0) is 0 Å². The van der Waals surface area contributed by atoms with Crippen molar-refractivity contribution in [2.24, 2.45) is 0 Å². The van der Waals surface area contributed by atoms with E-state index in [2.05, 4.69) is 177 Å². The molecule has 7 aromatic rings. The van der Waals surface area contributed by atoms with Crippen molar-refractivity contribution in [1.82, 2.24) is 0 Å². The zero-order valence-corrected chi connectivity index (χ0v) is 32.2. The third-order valence-electron chi connectivity index (χ3n) is 11.7. The van der Waals surface area contributed by atoms with Gasteiger partial charge in [-0.25, -0.2) is 0 Å². The molecular formula is C49H52BN. The molecule has 0 spiro atoms. The fourth-order valence-electron chi connectivity index (χ4n) is 9.37. The minimum absolute atomic E-state index is 0.0951. The Morgan fingerprint density at radius 3 is 1.69 bits per heavy atom. The van der Waals surface area contributed by atoms with Gasteiger partial charge in [-0.2, -0.15) is 0 Å². The lowest BCUT2D eigenvalue weighted by molar-refractivity contribution is 0.812. The van der Waals surface area contributed by atoms with Crippen LogP contribution >= 0.6 is 0 Å². The van der Waals surface area contributed by atoms with Crippen molar-refractivity contribution in [3.05, 3.63) is 131 Å². The molecule has 0 atom stereocenters. The van der Waals surface area contributed by atoms with Gasteiger partial charge >= 0.3 is 0 Å². The molecule has 256 valence electrons. The molecule has 0 unspecified atom stereocenters. The summed E-state index contributed by atoms with van der Waals surface area (Å²) in [6.45, 7) is 23.9. The second-order valence-corrected chi connectivity index (χ2v) is 16.6. The van der Waals surface area contributed by atoms with E-state index in [-0.39, 0.29) is 6.71 Å². The van der Waals surface area contributed by atoms with Crippen LogP contribution in [-0.4, -0.2) is 6.71 Å². The second kappa shape index (κ2) is 12.6. The largest absolute Gasteiger partial charge is 0.311 e. The van der Waals surface area contributed by atoms with Gasteiger partial charge in [-0.15, -0.1) is 0 Å². The minimum atomic E-state index is 0.0951. The van der Waals surface area contributed by atoms with Gasteiger partial charge in [0.05, 0.1) is 0 Å².